The fourth-order valence-corrected chi connectivity index (χ4v) is 3.93. The second kappa shape index (κ2) is 8.84. The number of nitrogens with one attached hydrogen (secondary N) is 1. The van der Waals surface area contributed by atoms with Crippen molar-refractivity contribution in [1.82, 2.24) is 5.32 Å². The van der Waals surface area contributed by atoms with Crippen LogP contribution >= 0.6 is 0 Å². The number of hydrogen-bond donors (Lipinski definition) is 1. The lowest BCUT2D eigenvalue weighted by Gasteiger charge is -2.30. The van der Waals surface area contributed by atoms with Crippen LogP contribution in [0.4, 0.5) is 10.1 Å². The lowest BCUT2D eigenvalue weighted by atomic mass is 10.1. The number of halogens is 1. The van der Waals surface area contributed by atoms with E-state index < -0.39 is 27.8 Å². The van der Waals surface area contributed by atoms with Gasteiger partial charge in [-0.25, -0.2) is 12.8 Å². The molecule has 1 atom stereocenters. The number of rotatable bonds is 9. The Labute approximate surface area is 153 Å². The number of anilines is 1. The minimum atomic E-state index is -3.85. The molecular formula is C18H23FN2O4S. The summed E-state index contributed by atoms with van der Waals surface area (Å²) in [6.45, 7) is 2.05. The minimum absolute atomic E-state index is 0.132. The van der Waals surface area contributed by atoms with Gasteiger partial charge in [0.05, 0.1) is 18.2 Å². The molecule has 1 amide bonds. The van der Waals surface area contributed by atoms with Gasteiger partial charge in [0, 0.05) is 13.0 Å². The summed E-state index contributed by atoms with van der Waals surface area (Å²) in [5, 5.41) is 2.73. The molecule has 2 aromatic rings. The van der Waals surface area contributed by atoms with Crippen molar-refractivity contribution in [2.75, 3.05) is 17.1 Å². The molecule has 142 valence electrons. The first-order valence-electron chi connectivity index (χ1n) is 8.38. The number of hydrogen-bond acceptors (Lipinski definition) is 4. The number of para-hydroxylation sites is 1. The highest BCUT2D eigenvalue weighted by atomic mass is 32.2. The second-order valence-corrected chi connectivity index (χ2v) is 7.77. The Kier molecular flexibility index (Phi) is 6.79. The molecule has 8 heteroatoms. The molecule has 26 heavy (non-hydrogen) atoms. The van der Waals surface area contributed by atoms with Crippen molar-refractivity contribution in [3.63, 3.8) is 0 Å². The largest absolute Gasteiger partial charge is 0.469 e. The quantitative estimate of drug-likeness (QED) is 0.676. The van der Waals surface area contributed by atoms with Gasteiger partial charge in [-0.1, -0.05) is 19.1 Å². The van der Waals surface area contributed by atoms with Crippen LogP contribution in [0.1, 0.15) is 25.5 Å². The molecule has 0 fully saturated rings. The van der Waals surface area contributed by atoms with E-state index in [1.807, 2.05) is 6.07 Å². The first-order chi connectivity index (χ1) is 12.3. The summed E-state index contributed by atoms with van der Waals surface area (Å²) >= 11 is 0. The molecular weight excluding hydrogens is 359 g/mol. The number of furan rings is 1. The predicted octanol–water partition coefficient (Wildman–Crippen LogP) is 2.71. The van der Waals surface area contributed by atoms with E-state index in [1.165, 1.54) is 24.3 Å². The highest BCUT2D eigenvalue weighted by molar-refractivity contribution is 7.92. The molecule has 0 aliphatic carbocycles. The fourth-order valence-electron chi connectivity index (χ4n) is 2.71. The predicted molar refractivity (Wildman–Crippen MR) is 97.8 cm³/mol. The molecule has 0 saturated carbocycles. The average Bonchev–Trinajstić information content (AvgIpc) is 3.09. The van der Waals surface area contributed by atoms with Crippen molar-refractivity contribution in [2.24, 2.45) is 0 Å². The van der Waals surface area contributed by atoms with Gasteiger partial charge >= 0.3 is 0 Å². The first-order valence-corrected chi connectivity index (χ1v) is 10.2. The van der Waals surface area contributed by atoms with E-state index >= 15 is 0 Å². The first kappa shape index (κ1) is 20.0. The van der Waals surface area contributed by atoms with Crippen molar-refractivity contribution in [3.05, 3.63) is 54.2 Å². The monoisotopic (exact) mass is 382 g/mol. The van der Waals surface area contributed by atoms with Crippen LogP contribution in [0.15, 0.2) is 47.1 Å². The van der Waals surface area contributed by atoms with E-state index in [0.717, 1.165) is 16.3 Å². The Hall–Kier alpha value is -2.35. The van der Waals surface area contributed by atoms with E-state index in [-0.39, 0.29) is 12.1 Å². The van der Waals surface area contributed by atoms with Crippen molar-refractivity contribution in [1.29, 1.82) is 0 Å². The van der Waals surface area contributed by atoms with Crippen molar-refractivity contribution < 1.29 is 22.0 Å². The third kappa shape index (κ3) is 5.08. The molecule has 1 aromatic heterocycles. The standard InChI is InChI=1S/C18H23FN2O4S/c1-3-16(18(22)20-12-6-8-14-9-7-13-25-14)21(26(2,23)24)17-11-5-4-10-15(17)19/h4-5,7,9-11,13,16H,3,6,8,12H2,1-2H3,(H,20,22). The Morgan fingerprint density at radius 2 is 2.00 bits per heavy atom. The molecule has 6 nitrogen and oxygen atoms in total. The summed E-state index contributed by atoms with van der Waals surface area (Å²) in [6.07, 6.45) is 4.07. The summed E-state index contributed by atoms with van der Waals surface area (Å²) in [6, 6.07) is 8.13. The zero-order chi connectivity index (χ0) is 19.2. The Morgan fingerprint density at radius 3 is 2.58 bits per heavy atom. The maximum atomic E-state index is 14.1. The van der Waals surface area contributed by atoms with Gasteiger partial charge in [-0.3, -0.25) is 9.10 Å². The number of benzene rings is 1. The van der Waals surface area contributed by atoms with Crippen molar-refractivity contribution in [3.8, 4) is 0 Å². The molecule has 0 aliphatic heterocycles. The van der Waals surface area contributed by atoms with E-state index in [2.05, 4.69) is 5.32 Å². The highest BCUT2D eigenvalue weighted by Crippen LogP contribution is 2.25. The van der Waals surface area contributed by atoms with Gasteiger partial charge in [0.25, 0.3) is 0 Å². The van der Waals surface area contributed by atoms with Gasteiger partial charge in [-0.2, -0.15) is 0 Å². The molecule has 0 spiro atoms. The molecule has 2 rings (SSSR count). The molecule has 0 saturated heterocycles. The number of carbonyl (C=O) groups excluding carboxylic acids is 1. The third-order valence-corrected chi connectivity index (χ3v) is 5.06. The van der Waals surface area contributed by atoms with Gasteiger partial charge in [-0.05, 0) is 37.1 Å². The van der Waals surface area contributed by atoms with Gasteiger partial charge in [0.15, 0.2) is 0 Å². The van der Waals surface area contributed by atoms with Crippen LogP contribution in [-0.2, 0) is 21.2 Å². The summed E-state index contributed by atoms with van der Waals surface area (Å²) in [5.74, 6) is -0.335. The minimum Gasteiger partial charge on any atom is -0.469 e. The summed E-state index contributed by atoms with van der Waals surface area (Å²) in [4.78, 5) is 12.5. The molecule has 1 unspecified atom stereocenters. The van der Waals surface area contributed by atoms with Crippen LogP contribution in [0.5, 0.6) is 0 Å². The van der Waals surface area contributed by atoms with Gasteiger partial charge in [0.2, 0.25) is 15.9 Å². The van der Waals surface area contributed by atoms with Crippen LogP contribution < -0.4 is 9.62 Å². The second-order valence-electron chi connectivity index (χ2n) is 5.91. The smallest absolute Gasteiger partial charge is 0.243 e. The van der Waals surface area contributed by atoms with Crippen molar-refractivity contribution in [2.45, 2.75) is 32.2 Å². The molecule has 1 aromatic carbocycles. The lowest BCUT2D eigenvalue weighted by molar-refractivity contribution is -0.122. The Morgan fingerprint density at radius 1 is 1.27 bits per heavy atom. The van der Waals surface area contributed by atoms with Crippen LogP contribution in [0.2, 0.25) is 0 Å². The summed E-state index contributed by atoms with van der Waals surface area (Å²) in [5.41, 5.74) is -0.132. The number of nitrogens with zero attached hydrogens (tertiary/aromatic N) is 1. The van der Waals surface area contributed by atoms with Gasteiger partial charge in [0.1, 0.15) is 17.6 Å². The van der Waals surface area contributed by atoms with E-state index in [1.54, 1.807) is 19.3 Å². The lowest BCUT2D eigenvalue weighted by Crippen LogP contribution is -2.49. The molecule has 0 aliphatic rings. The maximum absolute atomic E-state index is 14.1. The van der Waals surface area contributed by atoms with Gasteiger partial charge in [-0.15, -0.1) is 0 Å². The van der Waals surface area contributed by atoms with E-state index in [0.29, 0.717) is 19.4 Å². The molecule has 1 heterocycles. The average molecular weight is 382 g/mol. The number of aryl methyl sites for hydroxylation is 1. The Balaban J connectivity index is 2.09. The van der Waals surface area contributed by atoms with Crippen LogP contribution in [0, 0.1) is 5.82 Å². The van der Waals surface area contributed by atoms with E-state index in [9.17, 15) is 17.6 Å². The van der Waals surface area contributed by atoms with Crippen LogP contribution in [0.3, 0.4) is 0 Å². The normalized spacial score (nSPS) is 12.6. The third-order valence-electron chi connectivity index (χ3n) is 3.90. The molecule has 0 radical (unpaired) electrons. The Bertz CT molecular complexity index is 821. The molecule has 1 N–H and O–H groups in total. The van der Waals surface area contributed by atoms with Crippen molar-refractivity contribution >= 4 is 21.6 Å². The zero-order valence-electron chi connectivity index (χ0n) is 14.8. The summed E-state index contributed by atoms with van der Waals surface area (Å²) < 4.78 is 44.7. The van der Waals surface area contributed by atoms with Gasteiger partial charge < -0.3 is 9.73 Å². The maximum Gasteiger partial charge on any atom is 0.243 e. The molecule has 0 bridgehead atoms. The highest BCUT2D eigenvalue weighted by Gasteiger charge is 2.32. The number of carbonyl (C=O) groups is 1. The van der Waals surface area contributed by atoms with Crippen LogP contribution in [-0.4, -0.2) is 33.2 Å². The van der Waals surface area contributed by atoms with Crippen LogP contribution in [0.25, 0.3) is 0 Å². The SMILES string of the molecule is CCC(C(=O)NCCCc1ccco1)N(c1ccccc1F)S(C)(=O)=O. The summed E-state index contributed by atoms with van der Waals surface area (Å²) in [7, 11) is -3.85. The number of amides is 1. The zero-order valence-corrected chi connectivity index (χ0v) is 15.6. The topological polar surface area (TPSA) is 79.6 Å². The fraction of sp³-hybridized carbons (Fsp3) is 0.389. The number of sulfonamides is 1. The van der Waals surface area contributed by atoms with E-state index in [4.69, 9.17) is 4.42 Å².